The van der Waals surface area contributed by atoms with Gasteiger partial charge in [-0.05, 0) is 19.3 Å². The fourth-order valence-corrected chi connectivity index (χ4v) is 3.14. The number of aromatic nitrogens is 3. The number of aryl methyl sites for hydroxylation is 1. The highest BCUT2D eigenvalue weighted by molar-refractivity contribution is 14.0. The molecule has 3 rings (SSSR count). The minimum Gasteiger partial charge on any atom is -0.354 e. The molecule has 21 heavy (non-hydrogen) atoms. The summed E-state index contributed by atoms with van der Waals surface area (Å²) in [5.74, 6) is 3.02. The summed E-state index contributed by atoms with van der Waals surface area (Å²) in [7, 11) is 1.83. The average Bonchev–Trinajstić information content (AvgIpc) is 3.08. The molecular weight excluding hydrogens is 379 g/mol. The van der Waals surface area contributed by atoms with Crippen molar-refractivity contribution in [1.82, 2.24) is 25.4 Å². The van der Waals surface area contributed by atoms with E-state index >= 15 is 0 Å². The summed E-state index contributed by atoms with van der Waals surface area (Å²) in [6, 6.07) is 0.569. The summed E-state index contributed by atoms with van der Waals surface area (Å²) in [6.45, 7) is 1.74. The SMILES string of the molecule is CN=C(NCc1nnc2n1CCC2)NC1CCCCC1.I. The minimum atomic E-state index is 0. The van der Waals surface area contributed by atoms with E-state index < -0.39 is 0 Å². The Bertz CT molecular complexity index is 478. The van der Waals surface area contributed by atoms with Crippen LogP contribution >= 0.6 is 24.0 Å². The number of hydrogen-bond donors (Lipinski definition) is 2. The highest BCUT2D eigenvalue weighted by Gasteiger charge is 2.18. The predicted octanol–water partition coefficient (Wildman–Crippen LogP) is 1.84. The molecule has 0 bridgehead atoms. The molecule has 118 valence electrons. The summed E-state index contributed by atoms with van der Waals surface area (Å²) in [5.41, 5.74) is 0. The molecule has 1 fully saturated rings. The maximum Gasteiger partial charge on any atom is 0.191 e. The molecule has 2 heterocycles. The van der Waals surface area contributed by atoms with Crippen LogP contribution in [-0.2, 0) is 19.5 Å². The Kier molecular flexibility index (Phi) is 6.25. The second-order valence-electron chi connectivity index (χ2n) is 5.69. The Morgan fingerprint density at radius 1 is 1.24 bits per heavy atom. The molecule has 1 aliphatic heterocycles. The molecule has 0 spiro atoms. The van der Waals surface area contributed by atoms with Crippen LogP contribution in [0.3, 0.4) is 0 Å². The second-order valence-corrected chi connectivity index (χ2v) is 5.69. The lowest BCUT2D eigenvalue weighted by molar-refractivity contribution is 0.409. The Labute approximate surface area is 143 Å². The van der Waals surface area contributed by atoms with Crippen LogP contribution in [0.25, 0.3) is 0 Å². The van der Waals surface area contributed by atoms with Gasteiger partial charge in [0.1, 0.15) is 5.82 Å². The van der Waals surface area contributed by atoms with Crippen molar-refractivity contribution in [3.05, 3.63) is 11.6 Å². The molecule has 0 aromatic carbocycles. The zero-order chi connectivity index (χ0) is 13.8. The number of nitrogens with one attached hydrogen (secondary N) is 2. The van der Waals surface area contributed by atoms with E-state index in [2.05, 4.69) is 30.4 Å². The lowest BCUT2D eigenvalue weighted by atomic mass is 9.96. The van der Waals surface area contributed by atoms with Gasteiger partial charge in [0.2, 0.25) is 0 Å². The molecule has 2 aliphatic rings. The molecule has 0 atom stereocenters. The molecular formula is C14H25IN6. The molecule has 6 nitrogen and oxygen atoms in total. The zero-order valence-electron chi connectivity index (χ0n) is 12.6. The Balaban J connectivity index is 0.00000161. The van der Waals surface area contributed by atoms with Crippen molar-refractivity contribution >= 4 is 29.9 Å². The van der Waals surface area contributed by atoms with Crippen LogP contribution < -0.4 is 10.6 Å². The highest BCUT2D eigenvalue weighted by Crippen LogP contribution is 2.17. The van der Waals surface area contributed by atoms with Crippen molar-refractivity contribution < 1.29 is 0 Å². The van der Waals surface area contributed by atoms with Gasteiger partial charge in [0.25, 0.3) is 0 Å². The maximum absolute atomic E-state index is 4.31. The molecule has 0 radical (unpaired) electrons. The number of nitrogens with zero attached hydrogens (tertiary/aromatic N) is 4. The van der Waals surface area contributed by atoms with Crippen LogP contribution in [-0.4, -0.2) is 33.8 Å². The van der Waals surface area contributed by atoms with E-state index in [1.165, 1.54) is 38.5 Å². The highest BCUT2D eigenvalue weighted by atomic mass is 127. The molecule has 0 unspecified atom stereocenters. The van der Waals surface area contributed by atoms with Crippen molar-refractivity contribution in [2.24, 2.45) is 4.99 Å². The smallest absolute Gasteiger partial charge is 0.191 e. The van der Waals surface area contributed by atoms with Crippen LogP contribution in [0.1, 0.15) is 50.2 Å². The molecule has 1 aromatic rings. The van der Waals surface area contributed by atoms with Crippen LogP contribution in [0.5, 0.6) is 0 Å². The normalized spacial score (nSPS) is 19.0. The van der Waals surface area contributed by atoms with E-state index in [0.717, 1.165) is 30.6 Å². The average molecular weight is 404 g/mol. The Morgan fingerprint density at radius 2 is 2.05 bits per heavy atom. The zero-order valence-corrected chi connectivity index (χ0v) is 15.0. The van der Waals surface area contributed by atoms with Crippen LogP contribution in [0, 0.1) is 0 Å². The van der Waals surface area contributed by atoms with Crippen molar-refractivity contribution in [2.75, 3.05) is 7.05 Å². The van der Waals surface area contributed by atoms with Crippen LogP contribution in [0.4, 0.5) is 0 Å². The van der Waals surface area contributed by atoms with Gasteiger partial charge in [-0.2, -0.15) is 0 Å². The molecule has 7 heteroatoms. The van der Waals surface area contributed by atoms with E-state index in [1.54, 1.807) is 0 Å². The number of rotatable bonds is 3. The molecule has 1 aliphatic carbocycles. The van der Waals surface area contributed by atoms with Gasteiger partial charge in [-0.25, -0.2) is 0 Å². The lowest BCUT2D eigenvalue weighted by Gasteiger charge is -2.24. The first-order chi connectivity index (χ1) is 9.86. The Morgan fingerprint density at radius 3 is 2.81 bits per heavy atom. The van der Waals surface area contributed by atoms with Crippen molar-refractivity contribution in [1.29, 1.82) is 0 Å². The third-order valence-corrected chi connectivity index (χ3v) is 4.27. The van der Waals surface area contributed by atoms with Crippen LogP contribution in [0.2, 0.25) is 0 Å². The third kappa shape index (κ3) is 4.08. The van der Waals surface area contributed by atoms with Gasteiger partial charge in [-0.3, -0.25) is 4.99 Å². The first-order valence-electron chi connectivity index (χ1n) is 7.75. The monoisotopic (exact) mass is 404 g/mol. The number of aliphatic imine (C=N–C) groups is 1. The van der Waals surface area contributed by atoms with Crippen LogP contribution in [0.15, 0.2) is 4.99 Å². The molecule has 0 saturated heterocycles. The Hall–Kier alpha value is -0.860. The topological polar surface area (TPSA) is 67.1 Å². The fraction of sp³-hybridized carbons (Fsp3) is 0.786. The van der Waals surface area contributed by atoms with Gasteiger partial charge in [0.15, 0.2) is 11.8 Å². The van der Waals surface area contributed by atoms with Gasteiger partial charge < -0.3 is 15.2 Å². The largest absolute Gasteiger partial charge is 0.354 e. The van der Waals surface area contributed by atoms with E-state index in [0.29, 0.717) is 12.6 Å². The standard InChI is InChI=1S/C14H24N6.HI/c1-15-14(17-11-6-3-2-4-7-11)16-10-13-19-18-12-8-5-9-20(12)13;/h11H,2-10H2,1H3,(H2,15,16,17);1H. The van der Waals surface area contributed by atoms with Gasteiger partial charge in [0, 0.05) is 26.1 Å². The third-order valence-electron chi connectivity index (χ3n) is 4.27. The van der Waals surface area contributed by atoms with Gasteiger partial charge in [-0.1, -0.05) is 19.3 Å². The van der Waals surface area contributed by atoms with Gasteiger partial charge >= 0.3 is 0 Å². The molecule has 1 saturated carbocycles. The second kappa shape index (κ2) is 7.95. The summed E-state index contributed by atoms with van der Waals surface area (Å²) in [4.78, 5) is 4.31. The molecule has 2 N–H and O–H groups in total. The summed E-state index contributed by atoms with van der Waals surface area (Å²) in [6.07, 6.45) is 8.77. The fourth-order valence-electron chi connectivity index (χ4n) is 3.14. The van der Waals surface area contributed by atoms with Crippen molar-refractivity contribution in [2.45, 2.75) is 64.1 Å². The first kappa shape index (κ1) is 16.5. The number of guanidine groups is 1. The van der Waals surface area contributed by atoms with Gasteiger partial charge in [-0.15, -0.1) is 34.2 Å². The van der Waals surface area contributed by atoms with E-state index in [9.17, 15) is 0 Å². The van der Waals surface area contributed by atoms with Crippen molar-refractivity contribution in [3.63, 3.8) is 0 Å². The van der Waals surface area contributed by atoms with Gasteiger partial charge in [0.05, 0.1) is 6.54 Å². The van der Waals surface area contributed by atoms with E-state index in [1.807, 2.05) is 7.05 Å². The number of halogens is 1. The maximum atomic E-state index is 4.31. The van der Waals surface area contributed by atoms with Crippen molar-refractivity contribution in [3.8, 4) is 0 Å². The quantitative estimate of drug-likeness (QED) is 0.459. The molecule has 0 amide bonds. The summed E-state index contributed by atoms with van der Waals surface area (Å²) < 4.78 is 2.22. The van der Waals surface area contributed by atoms with E-state index in [-0.39, 0.29) is 24.0 Å². The first-order valence-corrected chi connectivity index (χ1v) is 7.75. The van der Waals surface area contributed by atoms with E-state index in [4.69, 9.17) is 0 Å². The lowest BCUT2D eigenvalue weighted by Crippen LogP contribution is -2.44. The predicted molar refractivity (Wildman–Crippen MR) is 94.0 cm³/mol. The summed E-state index contributed by atoms with van der Waals surface area (Å²) in [5, 5.41) is 15.4. The summed E-state index contributed by atoms with van der Waals surface area (Å²) >= 11 is 0. The number of fused-ring (bicyclic) bond motifs is 1. The molecule has 1 aromatic heterocycles. The number of hydrogen-bond acceptors (Lipinski definition) is 3. The minimum absolute atomic E-state index is 0.